The predicted molar refractivity (Wildman–Crippen MR) is 103 cm³/mol. The second-order valence-electron chi connectivity index (χ2n) is 6.05. The Morgan fingerprint density at radius 3 is 2.62 bits per heavy atom. The van der Waals surface area contributed by atoms with Gasteiger partial charge in [-0.1, -0.05) is 0 Å². The molecule has 24 heavy (non-hydrogen) atoms. The molecular formula is C16H29IN4O3. The Balaban J connectivity index is 0.00000288. The summed E-state index contributed by atoms with van der Waals surface area (Å²) in [5.74, 6) is 0.404. The quantitative estimate of drug-likeness (QED) is 0.273. The van der Waals surface area contributed by atoms with Gasteiger partial charge in [-0.3, -0.25) is 9.59 Å². The molecule has 1 heterocycles. The maximum absolute atomic E-state index is 11.9. The number of halogens is 1. The number of amides is 1. The number of hydrogen-bond donors (Lipinski definition) is 2. The molecule has 0 spiro atoms. The Morgan fingerprint density at radius 1 is 1.25 bits per heavy atom. The van der Waals surface area contributed by atoms with Gasteiger partial charge in [0.2, 0.25) is 5.91 Å². The first-order valence-electron chi connectivity index (χ1n) is 8.63. The molecule has 1 unspecified atom stereocenters. The first-order valence-corrected chi connectivity index (χ1v) is 8.63. The van der Waals surface area contributed by atoms with Gasteiger partial charge in [0.1, 0.15) is 6.54 Å². The summed E-state index contributed by atoms with van der Waals surface area (Å²) in [4.78, 5) is 30.2. The first kappa shape index (κ1) is 21.0. The Kier molecular flexibility index (Phi) is 9.38. The Hall–Kier alpha value is -1.06. The summed E-state index contributed by atoms with van der Waals surface area (Å²) in [7, 11) is 0. The molecule has 0 aromatic rings. The summed E-state index contributed by atoms with van der Waals surface area (Å²) in [6, 6.07) is 0.350. The molecule has 7 nitrogen and oxygen atoms in total. The SMILES string of the molecule is CCNC(=NCC(=O)NC1CC1)N1CCCC(C(=O)OCC)C1.I. The third kappa shape index (κ3) is 6.82. The van der Waals surface area contributed by atoms with E-state index in [1.165, 1.54) is 0 Å². The number of carbonyl (C=O) groups excluding carboxylic acids is 2. The van der Waals surface area contributed by atoms with E-state index in [4.69, 9.17) is 4.74 Å². The van der Waals surface area contributed by atoms with Crippen LogP contribution in [-0.4, -0.2) is 61.6 Å². The predicted octanol–water partition coefficient (Wildman–Crippen LogP) is 1.12. The smallest absolute Gasteiger partial charge is 0.310 e. The Bertz CT molecular complexity index is 455. The van der Waals surface area contributed by atoms with Crippen LogP contribution >= 0.6 is 24.0 Å². The lowest BCUT2D eigenvalue weighted by molar-refractivity contribution is -0.149. The standard InChI is InChI=1S/C16H28N4O3.HI/c1-3-17-16(18-10-14(21)19-13-7-8-13)20-9-5-6-12(11-20)15(22)23-4-2;/h12-13H,3-11H2,1-2H3,(H,17,18)(H,19,21);1H. The number of hydrogen-bond acceptors (Lipinski definition) is 4. The average Bonchev–Trinajstić information content (AvgIpc) is 3.35. The van der Waals surface area contributed by atoms with Gasteiger partial charge in [0, 0.05) is 25.7 Å². The number of aliphatic imine (C=N–C) groups is 1. The van der Waals surface area contributed by atoms with Crippen molar-refractivity contribution in [1.29, 1.82) is 0 Å². The minimum atomic E-state index is -0.139. The molecule has 0 aromatic carbocycles. The molecule has 1 saturated heterocycles. The largest absolute Gasteiger partial charge is 0.466 e. The number of ether oxygens (including phenoxy) is 1. The monoisotopic (exact) mass is 452 g/mol. The van der Waals surface area contributed by atoms with Gasteiger partial charge in [-0.2, -0.15) is 0 Å². The van der Waals surface area contributed by atoms with Gasteiger partial charge in [0.05, 0.1) is 12.5 Å². The highest BCUT2D eigenvalue weighted by Gasteiger charge is 2.28. The van der Waals surface area contributed by atoms with E-state index < -0.39 is 0 Å². The fourth-order valence-corrected chi connectivity index (χ4v) is 2.70. The molecule has 0 aromatic heterocycles. The zero-order valence-electron chi connectivity index (χ0n) is 14.5. The average molecular weight is 452 g/mol. The molecule has 0 radical (unpaired) electrons. The van der Waals surface area contributed by atoms with Gasteiger partial charge in [0.25, 0.3) is 0 Å². The van der Waals surface area contributed by atoms with Crippen molar-refractivity contribution < 1.29 is 14.3 Å². The molecule has 2 N–H and O–H groups in total. The molecule has 0 bridgehead atoms. The van der Waals surface area contributed by atoms with Crippen molar-refractivity contribution in [1.82, 2.24) is 15.5 Å². The molecule has 2 rings (SSSR count). The van der Waals surface area contributed by atoms with Crippen molar-refractivity contribution in [2.24, 2.45) is 10.9 Å². The van der Waals surface area contributed by atoms with Crippen LogP contribution in [-0.2, 0) is 14.3 Å². The number of nitrogens with one attached hydrogen (secondary N) is 2. The molecular weight excluding hydrogens is 423 g/mol. The molecule has 8 heteroatoms. The molecule has 1 amide bonds. The molecule has 1 atom stereocenters. The van der Waals surface area contributed by atoms with Crippen molar-refractivity contribution in [2.45, 2.75) is 45.6 Å². The van der Waals surface area contributed by atoms with Crippen LogP contribution < -0.4 is 10.6 Å². The summed E-state index contributed by atoms with van der Waals surface area (Å²) in [6.07, 6.45) is 3.91. The van der Waals surface area contributed by atoms with Gasteiger partial charge in [-0.25, -0.2) is 4.99 Å². The van der Waals surface area contributed by atoms with Gasteiger partial charge >= 0.3 is 5.97 Å². The highest BCUT2D eigenvalue weighted by Crippen LogP contribution is 2.19. The van der Waals surface area contributed by atoms with E-state index in [0.717, 1.165) is 38.8 Å². The van der Waals surface area contributed by atoms with E-state index in [1.807, 2.05) is 13.8 Å². The Morgan fingerprint density at radius 2 is 2.00 bits per heavy atom. The highest BCUT2D eigenvalue weighted by atomic mass is 127. The minimum absolute atomic E-state index is 0. The number of carbonyl (C=O) groups is 2. The van der Waals surface area contributed by atoms with Crippen LogP contribution in [0.5, 0.6) is 0 Å². The lowest BCUT2D eigenvalue weighted by Gasteiger charge is -2.33. The van der Waals surface area contributed by atoms with Gasteiger partial charge in [0.15, 0.2) is 5.96 Å². The lowest BCUT2D eigenvalue weighted by atomic mass is 9.98. The lowest BCUT2D eigenvalue weighted by Crippen LogP contribution is -2.48. The topological polar surface area (TPSA) is 83.0 Å². The zero-order valence-corrected chi connectivity index (χ0v) is 16.9. The van der Waals surface area contributed by atoms with Crippen molar-refractivity contribution in [3.8, 4) is 0 Å². The van der Waals surface area contributed by atoms with Gasteiger partial charge in [-0.05, 0) is 39.5 Å². The van der Waals surface area contributed by atoms with E-state index in [-0.39, 0.29) is 48.3 Å². The number of likely N-dealkylation sites (tertiary alicyclic amines) is 1. The van der Waals surface area contributed by atoms with Crippen molar-refractivity contribution in [2.75, 3.05) is 32.8 Å². The number of nitrogens with zero attached hydrogens (tertiary/aromatic N) is 2. The van der Waals surface area contributed by atoms with Crippen LogP contribution in [0.1, 0.15) is 39.5 Å². The van der Waals surface area contributed by atoms with E-state index in [0.29, 0.717) is 25.2 Å². The molecule has 138 valence electrons. The number of rotatable bonds is 6. The first-order chi connectivity index (χ1) is 11.1. The second-order valence-corrected chi connectivity index (χ2v) is 6.05. The van der Waals surface area contributed by atoms with E-state index in [2.05, 4.69) is 20.5 Å². The molecule has 2 fully saturated rings. The fourth-order valence-electron chi connectivity index (χ4n) is 2.70. The van der Waals surface area contributed by atoms with Gasteiger partial charge in [-0.15, -0.1) is 24.0 Å². The summed E-state index contributed by atoms with van der Waals surface area (Å²) in [5.41, 5.74) is 0. The van der Waals surface area contributed by atoms with E-state index in [9.17, 15) is 9.59 Å². The van der Waals surface area contributed by atoms with Crippen LogP contribution in [0.15, 0.2) is 4.99 Å². The summed E-state index contributed by atoms with van der Waals surface area (Å²) < 4.78 is 5.13. The number of piperidine rings is 1. The van der Waals surface area contributed by atoms with Crippen LogP contribution in [0.3, 0.4) is 0 Å². The molecule has 1 aliphatic carbocycles. The fraction of sp³-hybridized carbons (Fsp3) is 0.812. The van der Waals surface area contributed by atoms with Crippen LogP contribution in [0.25, 0.3) is 0 Å². The number of esters is 1. The van der Waals surface area contributed by atoms with Crippen LogP contribution in [0, 0.1) is 5.92 Å². The summed E-state index contributed by atoms with van der Waals surface area (Å²) >= 11 is 0. The molecule has 1 saturated carbocycles. The second kappa shape index (κ2) is 10.7. The maximum atomic E-state index is 11.9. The van der Waals surface area contributed by atoms with Crippen molar-refractivity contribution >= 4 is 41.8 Å². The number of guanidine groups is 1. The van der Waals surface area contributed by atoms with E-state index in [1.54, 1.807) is 0 Å². The normalized spacial score (nSPS) is 20.8. The van der Waals surface area contributed by atoms with E-state index >= 15 is 0 Å². The molecule has 2 aliphatic rings. The third-order valence-corrected chi connectivity index (χ3v) is 3.99. The summed E-state index contributed by atoms with van der Waals surface area (Å²) in [6.45, 7) is 6.50. The van der Waals surface area contributed by atoms with Crippen LogP contribution in [0.4, 0.5) is 0 Å². The molecule has 1 aliphatic heterocycles. The van der Waals surface area contributed by atoms with Crippen LogP contribution in [0.2, 0.25) is 0 Å². The van der Waals surface area contributed by atoms with Gasteiger partial charge < -0.3 is 20.3 Å². The minimum Gasteiger partial charge on any atom is -0.466 e. The Labute approximate surface area is 161 Å². The van der Waals surface area contributed by atoms with Crippen molar-refractivity contribution in [3.63, 3.8) is 0 Å². The summed E-state index contributed by atoms with van der Waals surface area (Å²) in [5, 5.41) is 6.14. The third-order valence-electron chi connectivity index (χ3n) is 3.99. The van der Waals surface area contributed by atoms with Crippen molar-refractivity contribution in [3.05, 3.63) is 0 Å². The maximum Gasteiger partial charge on any atom is 0.310 e. The zero-order chi connectivity index (χ0) is 16.7. The highest BCUT2D eigenvalue weighted by molar-refractivity contribution is 14.0.